The van der Waals surface area contributed by atoms with Gasteiger partial charge in [-0.2, -0.15) is 0 Å². The van der Waals surface area contributed by atoms with Crippen LogP contribution in [0.4, 0.5) is 0 Å². The summed E-state index contributed by atoms with van der Waals surface area (Å²) in [6, 6.07) is 6.49. The lowest BCUT2D eigenvalue weighted by molar-refractivity contribution is 0.268. The average Bonchev–Trinajstić information content (AvgIpc) is 2.48. The van der Waals surface area contributed by atoms with E-state index in [0.29, 0.717) is 22.4 Å². The van der Waals surface area contributed by atoms with Crippen molar-refractivity contribution in [1.82, 2.24) is 0 Å². The number of halogens is 1. The molecule has 3 unspecified atom stereocenters. The maximum atomic E-state index is 12.9. The van der Waals surface area contributed by atoms with Crippen LogP contribution in [-0.2, 0) is 9.84 Å². The summed E-state index contributed by atoms with van der Waals surface area (Å²) in [5, 5.41) is 0.200. The van der Waals surface area contributed by atoms with Crippen molar-refractivity contribution < 1.29 is 8.42 Å². The third kappa shape index (κ3) is 3.79. The van der Waals surface area contributed by atoms with Gasteiger partial charge in [-0.3, -0.25) is 0 Å². The highest BCUT2D eigenvalue weighted by Crippen LogP contribution is 2.37. The van der Waals surface area contributed by atoms with Crippen LogP contribution in [0.15, 0.2) is 29.2 Å². The summed E-state index contributed by atoms with van der Waals surface area (Å²) in [6.07, 6.45) is 4.96. The van der Waals surface area contributed by atoms with E-state index in [9.17, 15) is 8.42 Å². The molecular formula is C16H24ClNO2S. The molecule has 1 fully saturated rings. The van der Waals surface area contributed by atoms with Crippen LogP contribution in [0.1, 0.15) is 39.0 Å². The van der Waals surface area contributed by atoms with Crippen LogP contribution in [0.3, 0.4) is 0 Å². The molecule has 3 atom stereocenters. The number of hydrogen-bond donors (Lipinski definition) is 1. The SMILES string of the molecule is CCCC1CCC(CN)C(S(=O)(=O)c2ccc(Cl)cc2)C1. The zero-order valence-electron chi connectivity index (χ0n) is 12.5. The predicted octanol–water partition coefficient (Wildman–Crippen LogP) is 3.66. The fourth-order valence-corrected chi connectivity index (χ4v) is 5.66. The second kappa shape index (κ2) is 7.12. The average molecular weight is 330 g/mol. The second-order valence-electron chi connectivity index (χ2n) is 6.00. The van der Waals surface area contributed by atoms with E-state index < -0.39 is 9.84 Å². The highest BCUT2D eigenvalue weighted by atomic mass is 35.5. The minimum atomic E-state index is -3.33. The Bertz CT molecular complexity index is 556. The highest BCUT2D eigenvalue weighted by Gasteiger charge is 2.38. The molecule has 0 aliphatic heterocycles. The molecule has 0 aromatic heterocycles. The van der Waals surface area contributed by atoms with Crippen molar-refractivity contribution in [2.45, 2.75) is 49.2 Å². The summed E-state index contributed by atoms with van der Waals surface area (Å²) >= 11 is 5.85. The monoisotopic (exact) mass is 329 g/mol. The molecule has 1 saturated carbocycles. The first kappa shape index (κ1) is 16.8. The van der Waals surface area contributed by atoms with E-state index in [-0.39, 0.29) is 11.2 Å². The molecule has 118 valence electrons. The van der Waals surface area contributed by atoms with E-state index >= 15 is 0 Å². The Morgan fingerprint density at radius 1 is 1.24 bits per heavy atom. The van der Waals surface area contributed by atoms with Crippen LogP contribution < -0.4 is 5.73 Å². The molecule has 1 aromatic rings. The number of nitrogens with two attached hydrogens (primary N) is 1. The molecule has 0 amide bonds. The van der Waals surface area contributed by atoms with Crippen LogP contribution in [0, 0.1) is 11.8 Å². The maximum absolute atomic E-state index is 12.9. The molecule has 3 nitrogen and oxygen atoms in total. The molecular weight excluding hydrogens is 306 g/mol. The minimum absolute atomic E-state index is 0.0683. The first-order valence-electron chi connectivity index (χ1n) is 7.68. The van der Waals surface area contributed by atoms with Crippen molar-refractivity contribution in [2.24, 2.45) is 17.6 Å². The van der Waals surface area contributed by atoms with Gasteiger partial charge in [0.05, 0.1) is 10.1 Å². The highest BCUT2D eigenvalue weighted by molar-refractivity contribution is 7.92. The van der Waals surface area contributed by atoms with Gasteiger partial charge in [0.2, 0.25) is 0 Å². The lowest BCUT2D eigenvalue weighted by atomic mass is 9.80. The summed E-state index contributed by atoms with van der Waals surface area (Å²) in [7, 11) is -3.33. The van der Waals surface area contributed by atoms with E-state index in [4.69, 9.17) is 17.3 Å². The quantitative estimate of drug-likeness (QED) is 0.896. The van der Waals surface area contributed by atoms with Crippen molar-refractivity contribution in [3.63, 3.8) is 0 Å². The number of rotatable bonds is 5. The first-order valence-corrected chi connectivity index (χ1v) is 9.61. The summed E-state index contributed by atoms with van der Waals surface area (Å²) in [6.45, 7) is 2.59. The largest absolute Gasteiger partial charge is 0.330 e. The smallest absolute Gasteiger partial charge is 0.181 e. The molecule has 1 aromatic carbocycles. The summed E-state index contributed by atoms with van der Waals surface area (Å²) in [5.41, 5.74) is 5.83. The summed E-state index contributed by atoms with van der Waals surface area (Å²) in [4.78, 5) is 0.368. The van der Waals surface area contributed by atoms with Crippen LogP contribution in [0.2, 0.25) is 5.02 Å². The van der Waals surface area contributed by atoms with Crippen molar-refractivity contribution in [3.05, 3.63) is 29.3 Å². The third-order valence-corrected chi connectivity index (χ3v) is 7.13. The molecule has 5 heteroatoms. The fourth-order valence-electron chi connectivity index (χ4n) is 3.39. The van der Waals surface area contributed by atoms with E-state index in [2.05, 4.69) is 6.92 Å². The normalized spacial score (nSPS) is 26.7. The van der Waals surface area contributed by atoms with Gasteiger partial charge >= 0.3 is 0 Å². The Labute approximate surface area is 132 Å². The molecule has 2 N–H and O–H groups in total. The molecule has 0 heterocycles. The van der Waals surface area contributed by atoms with Crippen molar-refractivity contribution >= 4 is 21.4 Å². The van der Waals surface area contributed by atoms with E-state index in [1.54, 1.807) is 24.3 Å². The zero-order valence-corrected chi connectivity index (χ0v) is 14.0. The molecule has 1 aliphatic carbocycles. The lowest BCUT2D eigenvalue weighted by Crippen LogP contribution is -2.39. The third-order valence-electron chi connectivity index (χ3n) is 4.58. The lowest BCUT2D eigenvalue weighted by Gasteiger charge is -2.35. The van der Waals surface area contributed by atoms with Gasteiger partial charge in [-0.25, -0.2) is 8.42 Å². The van der Waals surface area contributed by atoms with Crippen LogP contribution >= 0.6 is 11.6 Å². The second-order valence-corrected chi connectivity index (χ2v) is 8.60. The van der Waals surface area contributed by atoms with E-state index in [1.165, 1.54) is 0 Å². The van der Waals surface area contributed by atoms with Crippen molar-refractivity contribution in [2.75, 3.05) is 6.54 Å². The molecule has 0 saturated heterocycles. The standard InChI is InChI=1S/C16H24ClNO2S/c1-2-3-12-4-5-13(11-18)16(10-12)21(19,20)15-8-6-14(17)7-9-15/h6-9,12-13,16H,2-5,10-11,18H2,1H3. The minimum Gasteiger partial charge on any atom is -0.330 e. The van der Waals surface area contributed by atoms with Gasteiger partial charge in [0, 0.05) is 5.02 Å². The van der Waals surface area contributed by atoms with Crippen LogP contribution in [0.5, 0.6) is 0 Å². The summed E-state index contributed by atoms with van der Waals surface area (Å²) < 4.78 is 25.8. The van der Waals surface area contributed by atoms with Crippen molar-refractivity contribution in [3.8, 4) is 0 Å². The fraction of sp³-hybridized carbons (Fsp3) is 0.625. The molecule has 0 radical (unpaired) electrons. The number of benzene rings is 1. The number of sulfone groups is 1. The maximum Gasteiger partial charge on any atom is 0.181 e. The van der Waals surface area contributed by atoms with Crippen molar-refractivity contribution in [1.29, 1.82) is 0 Å². The van der Waals surface area contributed by atoms with E-state index in [1.807, 2.05) is 0 Å². The van der Waals surface area contributed by atoms with E-state index in [0.717, 1.165) is 32.1 Å². The zero-order chi connectivity index (χ0) is 15.5. The van der Waals surface area contributed by atoms with Crippen LogP contribution in [-0.4, -0.2) is 20.2 Å². The van der Waals surface area contributed by atoms with Gasteiger partial charge in [-0.1, -0.05) is 37.8 Å². The first-order chi connectivity index (χ1) is 9.98. The predicted molar refractivity (Wildman–Crippen MR) is 87.2 cm³/mol. The van der Waals surface area contributed by atoms with Gasteiger partial charge in [-0.05, 0) is 55.5 Å². The Balaban J connectivity index is 2.28. The Hall–Kier alpha value is -0.580. The molecule has 0 spiro atoms. The van der Waals surface area contributed by atoms with Gasteiger partial charge in [0.25, 0.3) is 0 Å². The Kier molecular flexibility index (Phi) is 5.69. The topological polar surface area (TPSA) is 60.2 Å². The van der Waals surface area contributed by atoms with Gasteiger partial charge in [-0.15, -0.1) is 0 Å². The van der Waals surface area contributed by atoms with Gasteiger partial charge < -0.3 is 5.73 Å². The Morgan fingerprint density at radius 3 is 2.48 bits per heavy atom. The number of hydrogen-bond acceptors (Lipinski definition) is 3. The Morgan fingerprint density at radius 2 is 1.90 bits per heavy atom. The van der Waals surface area contributed by atoms with Gasteiger partial charge in [0.1, 0.15) is 0 Å². The summed E-state index contributed by atoms with van der Waals surface area (Å²) in [5.74, 6) is 0.573. The molecule has 21 heavy (non-hydrogen) atoms. The van der Waals surface area contributed by atoms with Crippen LogP contribution in [0.25, 0.3) is 0 Å². The molecule has 0 bridgehead atoms. The van der Waals surface area contributed by atoms with Gasteiger partial charge in [0.15, 0.2) is 9.84 Å². The molecule has 2 rings (SSSR count). The molecule has 1 aliphatic rings.